The van der Waals surface area contributed by atoms with Crippen molar-refractivity contribution in [1.82, 2.24) is 0 Å². The van der Waals surface area contributed by atoms with Crippen LogP contribution in [0.3, 0.4) is 0 Å². The van der Waals surface area contributed by atoms with Gasteiger partial charge < -0.3 is 4.74 Å². The SMILES string of the molecule is CCC(CC)COCC(=O)c1cc(C)ccc1C. The number of benzene rings is 1. The van der Waals surface area contributed by atoms with Gasteiger partial charge in [-0.2, -0.15) is 0 Å². The molecule has 18 heavy (non-hydrogen) atoms. The zero-order valence-electron chi connectivity index (χ0n) is 12.0. The number of aryl methyl sites for hydroxylation is 2. The first-order valence-electron chi connectivity index (χ1n) is 6.76. The van der Waals surface area contributed by atoms with E-state index in [9.17, 15) is 4.79 Å². The predicted octanol–water partition coefficient (Wildman–Crippen LogP) is 3.94. The number of ketones is 1. The van der Waals surface area contributed by atoms with Crippen LogP contribution in [0.4, 0.5) is 0 Å². The third kappa shape index (κ3) is 4.26. The first-order chi connectivity index (χ1) is 8.58. The molecule has 0 heterocycles. The van der Waals surface area contributed by atoms with Crippen molar-refractivity contribution in [2.45, 2.75) is 40.5 Å². The van der Waals surface area contributed by atoms with Crippen molar-refractivity contribution in [3.8, 4) is 0 Å². The van der Waals surface area contributed by atoms with Crippen LogP contribution in [0.15, 0.2) is 18.2 Å². The lowest BCUT2D eigenvalue weighted by molar-refractivity contribution is 0.0666. The number of ether oxygens (including phenoxy) is 1. The van der Waals surface area contributed by atoms with E-state index < -0.39 is 0 Å². The Morgan fingerprint density at radius 2 is 1.89 bits per heavy atom. The fourth-order valence-corrected chi connectivity index (χ4v) is 1.96. The molecule has 0 radical (unpaired) electrons. The molecule has 0 bridgehead atoms. The molecular weight excluding hydrogens is 224 g/mol. The Kier molecular flexibility index (Phi) is 6.06. The summed E-state index contributed by atoms with van der Waals surface area (Å²) >= 11 is 0. The Balaban J connectivity index is 2.53. The van der Waals surface area contributed by atoms with Gasteiger partial charge in [-0.15, -0.1) is 0 Å². The lowest BCUT2D eigenvalue weighted by Crippen LogP contribution is -2.15. The van der Waals surface area contributed by atoms with Crippen molar-refractivity contribution in [3.05, 3.63) is 34.9 Å². The van der Waals surface area contributed by atoms with Crippen LogP contribution in [-0.2, 0) is 4.74 Å². The predicted molar refractivity (Wildman–Crippen MR) is 75.1 cm³/mol. The van der Waals surface area contributed by atoms with Gasteiger partial charge in [0.25, 0.3) is 0 Å². The number of rotatable bonds is 7. The van der Waals surface area contributed by atoms with Crippen molar-refractivity contribution >= 4 is 5.78 Å². The van der Waals surface area contributed by atoms with E-state index >= 15 is 0 Å². The summed E-state index contributed by atoms with van der Waals surface area (Å²) in [6.07, 6.45) is 2.21. The Hall–Kier alpha value is -1.15. The smallest absolute Gasteiger partial charge is 0.188 e. The van der Waals surface area contributed by atoms with Crippen LogP contribution in [-0.4, -0.2) is 19.0 Å². The van der Waals surface area contributed by atoms with Crippen LogP contribution < -0.4 is 0 Å². The molecule has 100 valence electrons. The summed E-state index contributed by atoms with van der Waals surface area (Å²) in [6.45, 7) is 9.16. The summed E-state index contributed by atoms with van der Waals surface area (Å²) < 4.78 is 5.54. The molecule has 0 saturated heterocycles. The molecule has 1 aromatic rings. The minimum Gasteiger partial charge on any atom is -0.373 e. The van der Waals surface area contributed by atoms with Crippen LogP contribution in [0, 0.1) is 19.8 Å². The van der Waals surface area contributed by atoms with Crippen LogP contribution >= 0.6 is 0 Å². The second kappa shape index (κ2) is 7.32. The molecule has 0 fully saturated rings. The van der Waals surface area contributed by atoms with Crippen LogP contribution in [0.25, 0.3) is 0 Å². The van der Waals surface area contributed by atoms with E-state index in [0.717, 1.165) is 29.5 Å². The molecular formula is C16H24O2. The second-order valence-corrected chi connectivity index (χ2v) is 4.94. The second-order valence-electron chi connectivity index (χ2n) is 4.94. The molecule has 0 aliphatic carbocycles. The first-order valence-corrected chi connectivity index (χ1v) is 6.76. The zero-order chi connectivity index (χ0) is 13.5. The number of Topliss-reactive ketones (excluding diaryl/α,β-unsaturated/α-hetero) is 1. The van der Waals surface area contributed by atoms with Gasteiger partial charge in [-0.1, -0.05) is 44.4 Å². The Morgan fingerprint density at radius 3 is 2.50 bits per heavy atom. The van der Waals surface area contributed by atoms with E-state index in [1.54, 1.807) is 0 Å². The minimum atomic E-state index is 0.0853. The molecule has 1 rings (SSSR count). The highest BCUT2D eigenvalue weighted by Gasteiger charge is 2.11. The molecule has 2 heteroatoms. The van der Waals surface area contributed by atoms with Crippen LogP contribution in [0.2, 0.25) is 0 Å². The van der Waals surface area contributed by atoms with Crippen molar-refractivity contribution in [2.24, 2.45) is 5.92 Å². The summed E-state index contributed by atoms with van der Waals surface area (Å²) in [7, 11) is 0. The van der Waals surface area contributed by atoms with E-state index in [2.05, 4.69) is 13.8 Å². The Labute approximate surface area is 110 Å². The van der Waals surface area contributed by atoms with Gasteiger partial charge in [-0.25, -0.2) is 0 Å². The summed E-state index contributed by atoms with van der Waals surface area (Å²) in [4.78, 5) is 12.1. The van der Waals surface area contributed by atoms with Gasteiger partial charge in [0.2, 0.25) is 0 Å². The quantitative estimate of drug-likeness (QED) is 0.683. The molecule has 0 aliphatic heterocycles. The molecule has 0 aromatic heterocycles. The normalized spacial score (nSPS) is 10.9. The number of carbonyl (C=O) groups excluding carboxylic acids is 1. The van der Waals surface area contributed by atoms with Gasteiger partial charge in [-0.3, -0.25) is 4.79 Å². The topological polar surface area (TPSA) is 26.3 Å². The zero-order valence-corrected chi connectivity index (χ0v) is 12.0. The van der Waals surface area contributed by atoms with E-state index in [1.165, 1.54) is 0 Å². The van der Waals surface area contributed by atoms with E-state index in [0.29, 0.717) is 12.5 Å². The summed E-state index contributed by atoms with van der Waals surface area (Å²) in [6, 6.07) is 5.96. The Bertz CT molecular complexity index is 392. The summed E-state index contributed by atoms with van der Waals surface area (Å²) in [5, 5.41) is 0. The highest BCUT2D eigenvalue weighted by molar-refractivity contribution is 5.98. The van der Waals surface area contributed by atoms with Crippen molar-refractivity contribution in [1.29, 1.82) is 0 Å². The summed E-state index contributed by atoms with van der Waals surface area (Å²) in [5.41, 5.74) is 2.93. The molecule has 0 aliphatic rings. The molecule has 0 atom stereocenters. The largest absolute Gasteiger partial charge is 0.373 e. The molecule has 2 nitrogen and oxygen atoms in total. The van der Waals surface area contributed by atoms with Gasteiger partial charge in [0.1, 0.15) is 6.61 Å². The standard InChI is InChI=1S/C16H24O2/c1-5-14(6-2)10-18-11-16(17)15-9-12(3)7-8-13(15)4/h7-9,14H,5-6,10-11H2,1-4H3. The van der Waals surface area contributed by atoms with Gasteiger partial charge >= 0.3 is 0 Å². The average molecular weight is 248 g/mol. The van der Waals surface area contributed by atoms with Gasteiger partial charge in [0, 0.05) is 12.2 Å². The average Bonchev–Trinajstić information content (AvgIpc) is 2.37. The van der Waals surface area contributed by atoms with Gasteiger partial charge in [0.05, 0.1) is 0 Å². The number of hydrogen-bond acceptors (Lipinski definition) is 2. The van der Waals surface area contributed by atoms with Crippen molar-refractivity contribution < 1.29 is 9.53 Å². The molecule has 0 amide bonds. The first kappa shape index (κ1) is 14.9. The van der Waals surface area contributed by atoms with Crippen molar-refractivity contribution in [2.75, 3.05) is 13.2 Å². The third-order valence-electron chi connectivity index (χ3n) is 3.43. The summed E-state index contributed by atoms with van der Waals surface area (Å²) in [5.74, 6) is 0.651. The fraction of sp³-hybridized carbons (Fsp3) is 0.562. The molecule has 1 aromatic carbocycles. The maximum Gasteiger partial charge on any atom is 0.188 e. The van der Waals surface area contributed by atoms with Gasteiger partial charge in [-0.05, 0) is 31.4 Å². The van der Waals surface area contributed by atoms with E-state index in [4.69, 9.17) is 4.74 Å². The maximum absolute atomic E-state index is 12.1. The van der Waals surface area contributed by atoms with Crippen LogP contribution in [0.1, 0.15) is 48.2 Å². The Morgan fingerprint density at radius 1 is 1.22 bits per heavy atom. The highest BCUT2D eigenvalue weighted by atomic mass is 16.5. The minimum absolute atomic E-state index is 0.0853. The number of hydrogen-bond donors (Lipinski definition) is 0. The lowest BCUT2D eigenvalue weighted by Gasteiger charge is -2.12. The van der Waals surface area contributed by atoms with Gasteiger partial charge in [0.15, 0.2) is 5.78 Å². The lowest BCUT2D eigenvalue weighted by atomic mass is 10.0. The van der Waals surface area contributed by atoms with E-state index in [1.807, 2.05) is 32.0 Å². The maximum atomic E-state index is 12.1. The fourth-order valence-electron chi connectivity index (χ4n) is 1.96. The molecule has 0 spiro atoms. The monoisotopic (exact) mass is 248 g/mol. The van der Waals surface area contributed by atoms with Crippen molar-refractivity contribution in [3.63, 3.8) is 0 Å². The molecule has 0 unspecified atom stereocenters. The number of carbonyl (C=O) groups is 1. The highest BCUT2D eigenvalue weighted by Crippen LogP contribution is 2.12. The molecule has 0 saturated carbocycles. The van der Waals surface area contributed by atoms with E-state index in [-0.39, 0.29) is 12.4 Å². The molecule has 0 N–H and O–H groups in total. The van der Waals surface area contributed by atoms with Crippen LogP contribution in [0.5, 0.6) is 0 Å². The third-order valence-corrected chi connectivity index (χ3v) is 3.43.